The first kappa shape index (κ1) is 33.0. The van der Waals surface area contributed by atoms with Crippen LogP contribution in [-0.4, -0.2) is 76.5 Å². The normalized spacial score (nSPS) is 22.2. The van der Waals surface area contributed by atoms with Gasteiger partial charge in [0.15, 0.2) is 0 Å². The number of allylic oxidation sites excluding steroid dienone is 2. The number of amides is 1. The maximum atomic E-state index is 12.0. The predicted octanol–water partition coefficient (Wildman–Crippen LogP) is 2.37. The molecule has 0 aromatic heterocycles. The first-order valence-electron chi connectivity index (χ1n) is 13.1. The van der Waals surface area contributed by atoms with Gasteiger partial charge in [-0.1, -0.05) is 42.0 Å². The highest BCUT2D eigenvalue weighted by atomic mass is 35.5. The van der Waals surface area contributed by atoms with Crippen LogP contribution in [0.5, 0.6) is 5.75 Å². The summed E-state index contributed by atoms with van der Waals surface area (Å²) < 4.78 is 10.3. The van der Waals surface area contributed by atoms with E-state index < -0.39 is 35.4 Å². The summed E-state index contributed by atoms with van der Waals surface area (Å²) >= 11 is 5.92. The Balaban J connectivity index is 1.69. The van der Waals surface area contributed by atoms with E-state index in [9.17, 15) is 35.0 Å². The Morgan fingerprint density at radius 1 is 1.25 bits per heavy atom. The van der Waals surface area contributed by atoms with E-state index in [1.807, 2.05) is 12.2 Å². The zero-order valence-corrected chi connectivity index (χ0v) is 23.0. The smallest absolute Gasteiger partial charge is 0.328 e. The first-order chi connectivity index (χ1) is 19.1. The van der Waals surface area contributed by atoms with Gasteiger partial charge in [0.05, 0.1) is 12.2 Å². The minimum Gasteiger partial charge on any atom is -0.491 e. The Bertz CT molecular complexity index is 1020. The molecule has 0 heterocycles. The molecule has 222 valence electrons. The second-order valence-electron chi connectivity index (χ2n) is 9.45. The Kier molecular flexibility index (Phi) is 14.4. The average Bonchev–Trinajstić information content (AvgIpc) is 3.17. The molecule has 4 N–H and O–H groups in total. The molecule has 2 rings (SSSR count). The third-order valence-electron chi connectivity index (χ3n) is 6.29. The zero-order chi connectivity index (χ0) is 29.5. The van der Waals surface area contributed by atoms with Crippen molar-refractivity contribution in [1.29, 1.82) is 0 Å². The van der Waals surface area contributed by atoms with Gasteiger partial charge in [-0.2, -0.15) is 0 Å². The monoisotopic (exact) mass is 584 g/mol. The first-order valence-corrected chi connectivity index (χ1v) is 13.4. The number of nitrogens with one attached hydrogen (secondary N) is 1. The van der Waals surface area contributed by atoms with Crippen LogP contribution in [0.3, 0.4) is 0 Å². The van der Waals surface area contributed by atoms with Crippen molar-refractivity contribution in [2.24, 2.45) is 11.8 Å². The van der Waals surface area contributed by atoms with Crippen LogP contribution in [0.4, 0.5) is 0 Å². The van der Waals surface area contributed by atoms with Gasteiger partial charge >= 0.3 is 5.97 Å². The molecular formula is C27H37ClN2O10. The van der Waals surface area contributed by atoms with Gasteiger partial charge in [0.1, 0.15) is 37.7 Å². The number of carbonyl (C=O) groups excluding carboxylic acids is 2. The fourth-order valence-electron chi connectivity index (χ4n) is 4.26. The summed E-state index contributed by atoms with van der Waals surface area (Å²) in [4.78, 5) is 37.9. The van der Waals surface area contributed by atoms with E-state index in [0.717, 1.165) is 0 Å². The van der Waals surface area contributed by atoms with E-state index in [2.05, 4.69) is 10.2 Å². The van der Waals surface area contributed by atoms with E-state index in [0.29, 0.717) is 30.0 Å². The number of nitrogens with zero attached hydrogens (tertiary/aromatic N) is 1. The largest absolute Gasteiger partial charge is 0.491 e. The molecule has 1 unspecified atom stereocenters. The van der Waals surface area contributed by atoms with Crippen molar-refractivity contribution in [3.05, 3.63) is 63.7 Å². The van der Waals surface area contributed by atoms with Crippen LogP contribution in [0.2, 0.25) is 5.02 Å². The van der Waals surface area contributed by atoms with E-state index >= 15 is 0 Å². The molecular weight excluding hydrogens is 548 g/mol. The van der Waals surface area contributed by atoms with Crippen LogP contribution < -0.4 is 10.1 Å². The lowest BCUT2D eigenvalue weighted by Gasteiger charge is -2.19. The molecule has 0 saturated heterocycles. The Morgan fingerprint density at radius 2 is 2.02 bits per heavy atom. The van der Waals surface area contributed by atoms with E-state index in [1.165, 1.54) is 6.92 Å². The van der Waals surface area contributed by atoms with Crippen molar-refractivity contribution in [1.82, 2.24) is 5.32 Å². The second-order valence-corrected chi connectivity index (χ2v) is 9.88. The minimum atomic E-state index is -0.990. The van der Waals surface area contributed by atoms with E-state index in [-0.39, 0.29) is 50.4 Å². The van der Waals surface area contributed by atoms with Crippen LogP contribution in [0, 0.1) is 22.0 Å². The summed E-state index contributed by atoms with van der Waals surface area (Å²) in [5.41, 5.74) is 0. The molecule has 13 heteroatoms. The third kappa shape index (κ3) is 12.3. The molecule has 0 spiro atoms. The molecule has 1 saturated carbocycles. The molecule has 1 aliphatic carbocycles. The number of ether oxygens (including phenoxy) is 2. The number of esters is 1. The second kappa shape index (κ2) is 17.5. The lowest BCUT2D eigenvalue weighted by Crippen LogP contribution is -2.39. The van der Waals surface area contributed by atoms with Crippen molar-refractivity contribution < 1.29 is 44.3 Å². The highest BCUT2D eigenvalue weighted by Crippen LogP contribution is 2.36. The topological polar surface area (TPSA) is 178 Å². The van der Waals surface area contributed by atoms with E-state index in [4.69, 9.17) is 21.1 Å². The lowest BCUT2D eigenvalue weighted by molar-refractivity contribution is -0.757. The predicted molar refractivity (Wildman–Crippen MR) is 145 cm³/mol. The molecule has 12 nitrogen and oxygen atoms in total. The number of unbranched alkanes of at least 4 members (excludes halogenated alkanes) is 1. The Hall–Kier alpha value is -3.19. The molecule has 1 aliphatic rings. The number of hydrogen-bond acceptors (Lipinski definition) is 10. The molecule has 1 amide bonds. The van der Waals surface area contributed by atoms with Crippen LogP contribution >= 0.6 is 11.6 Å². The van der Waals surface area contributed by atoms with Crippen LogP contribution in [0.15, 0.2) is 48.6 Å². The van der Waals surface area contributed by atoms with Gasteiger partial charge in [-0.25, -0.2) is 4.79 Å². The zero-order valence-electron chi connectivity index (χ0n) is 22.3. The molecule has 0 radical (unpaired) electrons. The number of hydrogen-bond donors (Lipinski definition) is 4. The number of aliphatic hydroxyl groups is 3. The minimum absolute atomic E-state index is 0.0131. The van der Waals surface area contributed by atoms with Crippen molar-refractivity contribution in [3.63, 3.8) is 0 Å². The number of aliphatic hydroxyl groups excluding tert-OH is 3. The maximum Gasteiger partial charge on any atom is 0.328 e. The number of carbonyl (C=O) groups is 2. The summed E-state index contributed by atoms with van der Waals surface area (Å²) in [6, 6.07) is 5.93. The van der Waals surface area contributed by atoms with E-state index in [1.54, 1.807) is 36.4 Å². The average molecular weight is 585 g/mol. The van der Waals surface area contributed by atoms with Gasteiger partial charge in [0.25, 0.3) is 5.09 Å². The van der Waals surface area contributed by atoms with Crippen molar-refractivity contribution in [3.8, 4) is 5.75 Å². The Morgan fingerprint density at radius 3 is 2.75 bits per heavy atom. The van der Waals surface area contributed by atoms with Gasteiger partial charge in [-0.05, 0) is 50.3 Å². The van der Waals surface area contributed by atoms with Gasteiger partial charge in [-0.3, -0.25) is 4.79 Å². The van der Waals surface area contributed by atoms with Gasteiger partial charge in [0, 0.05) is 23.8 Å². The van der Waals surface area contributed by atoms with Crippen molar-refractivity contribution >= 4 is 23.5 Å². The molecule has 1 aromatic carbocycles. The molecule has 40 heavy (non-hydrogen) atoms. The maximum absolute atomic E-state index is 12.0. The Labute approximate surface area is 237 Å². The van der Waals surface area contributed by atoms with Crippen molar-refractivity contribution in [2.45, 2.75) is 63.4 Å². The van der Waals surface area contributed by atoms with Crippen LogP contribution in [-0.2, 0) is 19.2 Å². The molecule has 1 aromatic rings. The SMILES string of the molecule is CC(NC(=O)CCC/C=C\C[C@@H]1[C@@H](/C=C/[C@@H](O)COc2cccc(Cl)c2)[C@H](O)C[C@@H]1O)C(=O)OCCO[N+](=O)[O-]. The standard InChI is InChI=1S/C27H37ClN2O10/c1-18(27(35)38-13-14-40-30(36)37)29-26(34)10-5-3-2-4-9-22-23(25(33)16-24(22)32)12-11-20(31)17-39-21-8-6-7-19(28)15-21/h2,4,6-8,11-12,15,18,20,22-25,31-33H,3,5,9-10,13-14,16-17H2,1H3,(H,29,34)/b4-2-,12-11+/t18?,20-,22-,23-,24+,25-/m1/s1. The van der Waals surface area contributed by atoms with Crippen LogP contribution in [0.25, 0.3) is 0 Å². The lowest BCUT2D eigenvalue weighted by atomic mass is 9.89. The molecule has 0 aliphatic heterocycles. The molecule has 1 fully saturated rings. The van der Waals surface area contributed by atoms with Gasteiger partial charge in [0.2, 0.25) is 5.91 Å². The fraction of sp³-hybridized carbons (Fsp3) is 0.556. The van der Waals surface area contributed by atoms with Crippen LogP contribution in [0.1, 0.15) is 39.0 Å². The quantitative estimate of drug-likeness (QED) is 0.0698. The summed E-state index contributed by atoms with van der Waals surface area (Å²) in [6.07, 6.45) is 6.80. The van der Waals surface area contributed by atoms with Gasteiger partial charge in [-0.15, -0.1) is 10.1 Å². The molecule has 0 bridgehead atoms. The summed E-state index contributed by atoms with van der Waals surface area (Å²) in [5.74, 6) is -1.08. The van der Waals surface area contributed by atoms with Gasteiger partial charge < -0.3 is 34.9 Å². The number of rotatable bonds is 17. The molecule has 6 atom stereocenters. The summed E-state index contributed by atoms with van der Waals surface area (Å²) in [6.45, 7) is 0.778. The number of benzene rings is 1. The summed E-state index contributed by atoms with van der Waals surface area (Å²) in [5, 5.41) is 43.2. The van der Waals surface area contributed by atoms with Crippen molar-refractivity contribution in [2.75, 3.05) is 19.8 Å². The highest BCUT2D eigenvalue weighted by Gasteiger charge is 2.39. The fourth-order valence-corrected chi connectivity index (χ4v) is 4.44. The highest BCUT2D eigenvalue weighted by molar-refractivity contribution is 6.30. The summed E-state index contributed by atoms with van der Waals surface area (Å²) in [7, 11) is 0. The third-order valence-corrected chi connectivity index (χ3v) is 6.53. The number of halogens is 1.